The van der Waals surface area contributed by atoms with Crippen LogP contribution in [0.1, 0.15) is 11.1 Å². The van der Waals surface area contributed by atoms with Crippen molar-refractivity contribution in [1.29, 1.82) is 0 Å². The van der Waals surface area contributed by atoms with Gasteiger partial charge < -0.3 is 29.4 Å². The first-order chi connectivity index (χ1) is 16.2. The molecule has 0 unspecified atom stereocenters. The minimum Gasteiger partial charge on any atom is -0.497 e. The van der Waals surface area contributed by atoms with Gasteiger partial charge in [0.25, 0.3) is 0 Å². The summed E-state index contributed by atoms with van der Waals surface area (Å²) >= 11 is 0. The van der Waals surface area contributed by atoms with Gasteiger partial charge in [-0.25, -0.2) is 0 Å². The fourth-order valence-electron chi connectivity index (χ4n) is 3.71. The van der Waals surface area contributed by atoms with Crippen LogP contribution in [-0.2, 0) is 11.3 Å². The van der Waals surface area contributed by atoms with E-state index in [1.807, 2.05) is 55.5 Å². The van der Waals surface area contributed by atoms with E-state index in [0.29, 0.717) is 43.1 Å². The molecule has 0 aliphatic carbocycles. The van der Waals surface area contributed by atoms with Gasteiger partial charge in [-0.3, -0.25) is 0 Å². The molecule has 33 heavy (non-hydrogen) atoms. The third-order valence-corrected chi connectivity index (χ3v) is 5.43. The maximum Gasteiger partial charge on any atom is 0.301 e. The number of hydrogen-bond acceptors (Lipinski definition) is 8. The van der Waals surface area contributed by atoms with Crippen LogP contribution >= 0.6 is 0 Å². The second-order valence-electron chi connectivity index (χ2n) is 7.83. The van der Waals surface area contributed by atoms with Gasteiger partial charge in [0.1, 0.15) is 17.0 Å². The Kier molecular flexibility index (Phi) is 5.95. The molecule has 170 valence electrons. The minimum atomic E-state index is 0.381. The maximum absolute atomic E-state index is 5.97. The summed E-state index contributed by atoms with van der Waals surface area (Å²) in [6.07, 6.45) is 0. The van der Waals surface area contributed by atoms with Crippen LogP contribution in [0.15, 0.2) is 48.5 Å². The number of hydrogen-bond donors (Lipinski definition) is 2. The predicted octanol–water partition coefficient (Wildman–Crippen LogP) is 3.91. The number of H-pyrrole nitrogens is 1. The van der Waals surface area contributed by atoms with E-state index in [-0.39, 0.29) is 0 Å². The molecule has 1 aliphatic heterocycles. The summed E-state index contributed by atoms with van der Waals surface area (Å²) in [5, 5.41) is 3.32. The molecule has 0 atom stereocenters. The van der Waals surface area contributed by atoms with Gasteiger partial charge in [0, 0.05) is 19.6 Å². The molecule has 9 heteroatoms. The lowest BCUT2D eigenvalue weighted by atomic mass is 10.2. The molecule has 1 aliphatic rings. The van der Waals surface area contributed by atoms with Gasteiger partial charge in [-0.05, 0) is 42.3 Å². The van der Waals surface area contributed by atoms with Crippen LogP contribution in [0.3, 0.4) is 0 Å². The number of nitrogens with one attached hydrogen (secondary N) is 2. The van der Waals surface area contributed by atoms with Crippen molar-refractivity contribution in [2.24, 2.45) is 0 Å². The van der Waals surface area contributed by atoms with E-state index in [0.717, 1.165) is 41.3 Å². The van der Waals surface area contributed by atoms with E-state index in [9.17, 15) is 0 Å². The highest BCUT2D eigenvalue weighted by Crippen LogP contribution is 2.29. The normalized spacial score (nSPS) is 13.8. The van der Waals surface area contributed by atoms with Gasteiger partial charge in [0.15, 0.2) is 11.5 Å². The first-order valence-corrected chi connectivity index (χ1v) is 10.9. The van der Waals surface area contributed by atoms with E-state index in [2.05, 4.69) is 25.2 Å². The summed E-state index contributed by atoms with van der Waals surface area (Å²) in [7, 11) is 1.66. The number of morpholine rings is 1. The van der Waals surface area contributed by atoms with Crippen LogP contribution in [0.25, 0.3) is 11.2 Å². The fraction of sp³-hybridized carbons (Fsp3) is 0.292. The molecule has 9 nitrogen and oxygen atoms in total. The second kappa shape index (κ2) is 9.33. The Balaban J connectivity index is 1.44. The molecule has 5 rings (SSSR count). The molecule has 2 aromatic carbocycles. The molecule has 0 bridgehead atoms. The van der Waals surface area contributed by atoms with E-state index >= 15 is 0 Å². The number of fused-ring (bicyclic) bond motifs is 1. The molecule has 2 aromatic heterocycles. The molecule has 3 heterocycles. The summed E-state index contributed by atoms with van der Waals surface area (Å²) in [6, 6.07) is 16.1. The molecule has 0 saturated carbocycles. The SMILES string of the molecule is COc1ccc(CNc2nc(N3CCOCC3)c3[nH]c(Oc4cccc(C)c4)nc3n2)cc1. The topological polar surface area (TPSA) is 97.4 Å². The third-order valence-electron chi connectivity index (χ3n) is 5.43. The molecule has 0 radical (unpaired) electrons. The monoisotopic (exact) mass is 446 g/mol. The Hall–Kier alpha value is -3.85. The largest absolute Gasteiger partial charge is 0.497 e. The van der Waals surface area contributed by atoms with Crippen molar-refractivity contribution < 1.29 is 14.2 Å². The Morgan fingerprint density at radius 3 is 2.61 bits per heavy atom. The van der Waals surface area contributed by atoms with Crippen LogP contribution in [0.4, 0.5) is 11.8 Å². The lowest BCUT2D eigenvalue weighted by molar-refractivity contribution is 0.122. The number of aromatic amines is 1. The molecule has 2 N–H and O–H groups in total. The van der Waals surface area contributed by atoms with Crippen LogP contribution in [0.2, 0.25) is 0 Å². The number of methoxy groups -OCH3 is 1. The van der Waals surface area contributed by atoms with Crippen molar-refractivity contribution in [2.75, 3.05) is 43.6 Å². The van der Waals surface area contributed by atoms with Gasteiger partial charge in [-0.15, -0.1) is 0 Å². The highest BCUT2D eigenvalue weighted by molar-refractivity contribution is 5.85. The molecule has 1 fully saturated rings. The Morgan fingerprint density at radius 1 is 1.03 bits per heavy atom. The first kappa shape index (κ1) is 21.0. The van der Waals surface area contributed by atoms with E-state index < -0.39 is 0 Å². The summed E-state index contributed by atoms with van der Waals surface area (Å²) < 4.78 is 16.7. The number of ether oxygens (including phenoxy) is 3. The predicted molar refractivity (Wildman–Crippen MR) is 126 cm³/mol. The average Bonchev–Trinajstić information content (AvgIpc) is 3.25. The fourth-order valence-corrected chi connectivity index (χ4v) is 3.71. The molecule has 1 saturated heterocycles. The number of anilines is 2. The lowest BCUT2D eigenvalue weighted by Gasteiger charge is -2.28. The standard InChI is InChI=1S/C24H26N6O3/c1-16-4-3-5-19(14-16)33-24-26-20-21(28-24)27-23(29-22(20)30-10-12-32-13-11-30)25-15-17-6-8-18(31-2)9-7-17/h3-9,14H,10-13,15H2,1-2H3,(H2,25,26,27,28,29). The maximum atomic E-state index is 5.97. The molecular weight excluding hydrogens is 420 g/mol. The van der Waals surface area contributed by atoms with Crippen molar-refractivity contribution in [3.05, 3.63) is 59.7 Å². The summed E-state index contributed by atoms with van der Waals surface area (Å²) in [4.78, 5) is 19.5. The molecule has 0 amide bonds. The molecule has 0 spiro atoms. The van der Waals surface area contributed by atoms with Crippen LogP contribution in [0, 0.1) is 6.92 Å². The van der Waals surface area contributed by atoms with Gasteiger partial charge in [-0.1, -0.05) is 24.3 Å². The summed E-state index contributed by atoms with van der Waals surface area (Å²) in [6.45, 7) is 5.40. The van der Waals surface area contributed by atoms with Crippen molar-refractivity contribution in [1.82, 2.24) is 19.9 Å². The van der Waals surface area contributed by atoms with Crippen molar-refractivity contribution in [3.63, 3.8) is 0 Å². The van der Waals surface area contributed by atoms with Crippen molar-refractivity contribution in [2.45, 2.75) is 13.5 Å². The van der Waals surface area contributed by atoms with E-state index in [1.54, 1.807) is 7.11 Å². The Labute approximate surface area is 191 Å². The van der Waals surface area contributed by atoms with Crippen molar-refractivity contribution in [3.8, 4) is 17.5 Å². The third kappa shape index (κ3) is 4.83. The second-order valence-corrected chi connectivity index (χ2v) is 7.83. The average molecular weight is 447 g/mol. The quantitative estimate of drug-likeness (QED) is 0.441. The number of aryl methyl sites for hydroxylation is 1. The van der Waals surface area contributed by atoms with Gasteiger partial charge >= 0.3 is 6.01 Å². The first-order valence-electron chi connectivity index (χ1n) is 10.9. The number of imidazole rings is 1. The minimum absolute atomic E-state index is 0.381. The Bertz CT molecular complexity index is 1230. The Morgan fingerprint density at radius 2 is 1.85 bits per heavy atom. The van der Waals surface area contributed by atoms with Gasteiger partial charge in [0.05, 0.1) is 20.3 Å². The van der Waals surface area contributed by atoms with Gasteiger partial charge in [0.2, 0.25) is 5.95 Å². The molecule has 4 aromatic rings. The van der Waals surface area contributed by atoms with Crippen LogP contribution in [0.5, 0.6) is 17.5 Å². The number of rotatable bonds is 7. The molecular formula is C24H26N6O3. The summed E-state index contributed by atoms with van der Waals surface area (Å²) in [5.74, 6) is 2.83. The van der Waals surface area contributed by atoms with Crippen LogP contribution < -0.4 is 19.7 Å². The summed E-state index contributed by atoms with van der Waals surface area (Å²) in [5.41, 5.74) is 3.50. The zero-order valence-corrected chi connectivity index (χ0v) is 18.7. The zero-order chi connectivity index (χ0) is 22.6. The highest BCUT2D eigenvalue weighted by atomic mass is 16.5. The zero-order valence-electron chi connectivity index (χ0n) is 18.7. The van der Waals surface area contributed by atoms with E-state index in [1.165, 1.54) is 0 Å². The number of nitrogens with zero attached hydrogens (tertiary/aromatic N) is 4. The van der Waals surface area contributed by atoms with Gasteiger partial charge in [-0.2, -0.15) is 15.0 Å². The lowest BCUT2D eigenvalue weighted by Crippen LogP contribution is -2.37. The van der Waals surface area contributed by atoms with Crippen LogP contribution in [-0.4, -0.2) is 53.3 Å². The van der Waals surface area contributed by atoms with E-state index in [4.69, 9.17) is 19.2 Å². The number of benzene rings is 2. The smallest absolute Gasteiger partial charge is 0.301 e. The highest BCUT2D eigenvalue weighted by Gasteiger charge is 2.21. The number of aromatic nitrogens is 4. The van der Waals surface area contributed by atoms with Crippen molar-refractivity contribution >= 4 is 22.9 Å².